The molecular weight excluding hydrogens is 399 g/mol. The molecule has 1 aliphatic rings. The van der Waals surface area contributed by atoms with Gasteiger partial charge in [-0.15, -0.1) is 11.8 Å². The lowest BCUT2D eigenvalue weighted by Gasteiger charge is -2.32. The number of rotatable bonds is 3. The molecule has 0 saturated heterocycles. The molecule has 1 N–H and O–H groups in total. The number of nitrogens with one attached hydrogen (secondary N) is 1. The number of thioether (sulfide) groups is 1. The minimum atomic E-state index is -3.92. The monoisotopic (exact) mass is 414 g/mol. The van der Waals surface area contributed by atoms with Gasteiger partial charge in [0.2, 0.25) is 5.91 Å². The van der Waals surface area contributed by atoms with E-state index in [0.717, 1.165) is 11.0 Å². The standard InChI is InChI=1S/C17H16ClFN2O3S2/c1-10-9-21(11(2)22)16-8-13(4-6-17(16)25-10)26(23,24)20-12-3-5-15(19)14(18)7-12/h3-8,10,20H,9H2,1-2H3. The molecule has 1 amide bonds. The summed E-state index contributed by atoms with van der Waals surface area (Å²) in [6.07, 6.45) is 0. The minimum Gasteiger partial charge on any atom is -0.310 e. The largest absolute Gasteiger partial charge is 0.310 e. The summed E-state index contributed by atoms with van der Waals surface area (Å²) in [4.78, 5) is 14.4. The molecule has 9 heteroatoms. The second kappa shape index (κ2) is 7.09. The third-order valence-corrected chi connectivity index (χ3v) is 6.67. The minimum absolute atomic E-state index is 0.0121. The Morgan fingerprint density at radius 3 is 2.69 bits per heavy atom. The first-order chi connectivity index (χ1) is 12.2. The van der Waals surface area contributed by atoms with E-state index in [1.807, 2.05) is 6.92 Å². The van der Waals surface area contributed by atoms with E-state index in [4.69, 9.17) is 11.6 Å². The fraction of sp³-hybridized carbons (Fsp3) is 0.235. The van der Waals surface area contributed by atoms with Crippen LogP contribution in [0.3, 0.4) is 0 Å². The number of hydrogen-bond acceptors (Lipinski definition) is 4. The molecule has 0 fully saturated rings. The number of sulfonamides is 1. The zero-order chi connectivity index (χ0) is 19.1. The van der Waals surface area contributed by atoms with Gasteiger partial charge in [0.05, 0.1) is 21.3 Å². The SMILES string of the molecule is CC(=O)N1CC(C)Sc2ccc(S(=O)(=O)Nc3ccc(F)c(Cl)c3)cc21. The van der Waals surface area contributed by atoms with Gasteiger partial charge in [-0.3, -0.25) is 9.52 Å². The fourth-order valence-corrected chi connectivity index (χ4v) is 5.00. The molecule has 1 aliphatic heterocycles. The first kappa shape index (κ1) is 19.0. The zero-order valence-electron chi connectivity index (χ0n) is 14.0. The number of amides is 1. The summed E-state index contributed by atoms with van der Waals surface area (Å²) in [6.45, 7) is 3.97. The third kappa shape index (κ3) is 3.82. The lowest BCUT2D eigenvalue weighted by molar-refractivity contribution is -0.116. The maximum atomic E-state index is 13.2. The number of halogens is 2. The lowest BCUT2D eigenvalue weighted by atomic mass is 10.2. The molecule has 0 aromatic heterocycles. The Hall–Kier alpha value is -1.77. The van der Waals surface area contributed by atoms with Gasteiger partial charge in [0.25, 0.3) is 10.0 Å². The quantitative estimate of drug-likeness (QED) is 0.820. The highest BCUT2D eigenvalue weighted by Crippen LogP contribution is 2.40. The van der Waals surface area contributed by atoms with Crippen LogP contribution in [0.15, 0.2) is 46.2 Å². The molecule has 5 nitrogen and oxygen atoms in total. The summed E-state index contributed by atoms with van der Waals surface area (Å²) in [6, 6.07) is 8.22. The van der Waals surface area contributed by atoms with Crippen LogP contribution in [0.5, 0.6) is 0 Å². The predicted molar refractivity (Wildman–Crippen MR) is 102 cm³/mol. The van der Waals surface area contributed by atoms with E-state index in [9.17, 15) is 17.6 Å². The van der Waals surface area contributed by atoms with Gasteiger partial charge < -0.3 is 4.90 Å². The predicted octanol–water partition coefficient (Wildman–Crippen LogP) is 4.13. The van der Waals surface area contributed by atoms with Crippen molar-refractivity contribution in [3.8, 4) is 0 Å². The summed E-state index contributed by atoms with van der Waals surface area (Å²) in [5.74, 6) is -0.780. The Labute approximate surface area is 160 Å². The molecule has 2 aromatic carbocycles. The average molecular weight is 415 g/mol. The molecule has 2 aromatic rings. The van der Waals surface area contributed by atoms with Crippen LogP contribution in [0, 0.1) is 5.82 Å². The Morgan fingerprint density at radius 2 is 2.04 bits per heavy atom. The number of nitrogens with zero attached hydrogens (tertiary/aromatic N) is 1. The van der Waals surface area contributed by atoms with E-state index in [1.165, 1.54) is 31.2 Å². The number of carbonyl (C=O) groups is 1. The smallest absolute Gasteiger partial charge is 0.261 e. The van der Waals surface area contributed by atoms with Crippen LogP contribution in [0.4, 0.5) is 15.8 Å². The van der Waals surface area contributed by atoms with Crippen molar-refractivity contribution in [2.24, 2.45) is 0 Å². The molecule has 1 atom stereocenters. The molecule has 26 heavy (non-hydrogen) atoms. The summed E-state index contributed by atoms with van der Waals surface area (Å²) in [5.41, 5.74) is 0.723. The van der Waals surface area contributed by atoms with Crippen molar-refractivity contribution in [3.05, 3.63) is 47.2 Å². The molecular formula is C17H16ClFN2O3S2. The molecule has 1 heterocycles. The van der Waals surface area contributed by atoms with Gasteiger partial charge in [0, 0.05) is 23.6 Å². The van der Waals surface area contributed by atoms with Crippen LogP contribution >= 0.6 is 23.4 Å². The van der Waals surface area contributed by atoms with Crippen LogP contribution in [0.1, 0.15) is 13.8 Å². The van der Waals surface area contributed by atoms with Gasteiger partial charge in [-0.05, 0) is 36.4 Å². The zero-order valence-corrected chi connectivity index (χ0v) is 16.4. The van der Waals surface area contributed by atoms with Crippen molar-refractivity contribution in [2.75, 3.05) is 16.2 Å². The van der Waals surface area contributed by atoms with Crippen LogP contribution in [0.2, 0.25) is 5.02 Å². The first-order valence-corrected chi connectivity index (χ1v) is 10.5. The molecule has 0 bridgehead atoms. The van der Waals surface area contributed by atoms with Gasteiger partial charge >= 0.3 is 0 Å². The van der Waals surface area contributed by atoms with E-state index >= 15 is 0 Å². The van der Waals surface area contributed by atoms with E-state index in [2.05, 4.69) is 4.72 Å². The van der Waals surface area contributed by atoms with Crippen molar-refractivity contribution >= 4 is 50.7 Å². The van der Waals surface area contributed by atoms with Crippen molar-refractivity contribution in [1.29, 1.82) is 0 Å². The first-order valence-electron chi connectivity index (χ1n) is 7.74. The Kier molecular flexibility index (Phi) is 5.18. The van der Waals surface area contributed by atoms with Gasteiger partial charge in [-0.2, -0.15) is 0 Å². The van der Waals surface area contributed by atoms with Crippen molar-refractivity contribution in [3.63, 3.8) is 0 Å². The van der Waals surface area contributed by atoms with Gasteiger partial charge in [0.15, 0.2) is 0 Å². The molecule has 0 spiro atoms. The number of fused-ring (bicyclic) bond motifs is 1. The topological polar surface area (TPSA) is 66.5 Å². The highest BCUT2D eigenvalue weighted by atomic mass is 35.5. The second-order valence-corrected chi connectivity index (χ2v) is 9.49. The molecule has 0 radical (unpaired) electrons. The maximum absolute atomic E-state index is 13.2. The van der Waals surface area contributed by atoms with Gasteiger partial charge in [0.1, 0.15) is 5.82 Å². The second-order valence-electron chi connectivity index (χ2n) is 5.92. The Balaban J connectivity index is 1.97. The molecule has 1 unspecified atom stereocenters. The third-order valence-electron chi connectivity index (χ3n) is 3.85. The van der Waals surface area contributed by atoms with Gasteiger partial charge in [-0.1, -0.05) is 18.5 Å². The van der Waals surface area contributed by atoms with Crippen LogP contribution < -0.4 is 9.62 Å². The summed E-state index contributed by atoms with van der Waals surface area (Å²) in [7, 11) is -3.92. The van der Waals surface area contributed by atoms with Gasteiger partial charge in [-0.25, -0.2) is 12.8 Å². The normalized spacial score (nSPS) is 16.9. The Morgan fingerprint density at radius 1 is 1.31 bits per heavy atom. The highest BCUT2D eigenvalue weighted by Gasteiger charge is 2.27. The molecule has 0 saturated carbocycles. The number of anilines is 2. The summed E-state index contributed by atoms with van der Waals surface area (Å²) in [5, 5.41) is 0.0390. The average Bonchev–Trinajstić information content (AvgIpc) is 2.56. The van der Waals surface area contributed by atoms with Crippen LogP contribution in [0.25, 0.3) is 0 Å². The van der Waals surface area contributed by atoms with E-state index in [1.54, 1.807) is 22.7 Å². The maximum Gasteiger partial charge on any atom is 0.261 e. The van der Waals surface area contributed by atoms with E-state index < -0.39 is 15.8 Å². The van der Waals surface area contributed by atoms with Crippen molar-refractivity contribution in [1.82, 2.24) is 0 Å². The molecule has 138 valence electrons. The lowest BCUT2D eigenvalue weighted by Crippen LogP contribution is -2.37. The summed E-state index contributed by atoms with van der Waals surface area (Å²) < 4.78 is 41.0. The highest BCUT2D eigenvalue weighted by molar-refractivity contribution is 8.00. The number of carbonyl (C=O) groups excluding carboxylic acids is 1. The molecule has 0 aliphatic carbocycles. The van der Waals surface area contributed by atoms with Crippen LogP contribution in [-0.4, -0.2) is 26.1 Å². The van der Waals surface area contributed by atoms with Crippen LogP contribution in [-0.2, 0) is 14.8 Å². The number of benzene rings is 2. The summed E-state index contributed by atoms with van der Waals surface area (Å²) >= 11 is 7.29. The fourth-order valence-electron chi connectivity index (χ4n) is 2.66. The Bertz CT molecular complexity index is 982. The van der Waals surface area contributed by atoms with E-state index in [-0.39, 0.29) is 26.8 Å². The van der Waals surface area contributed by atoms with Crippen molar-refractivity contribution < 1.29 is 17.6 Å². The van der Waals surface area contributed by atoms with E-state index in [0.29, 0.717) is 12.2 Å². The molecule has 3 rings (SSSR count). The van der Waals surface area contributed by atoms with Crippen molar-refractivity contribution in [2.45, 2.75) is 28.9 Å². The number of hydrogen-bond donors (Lipinski definition) is 1.